The predicted molar refractivity (Wildman–Crippen MR) is 72.5 cm³/mol. The Balaban J connectivity index is 2.56. The molecule has 0 fully saturated rings. The van der Waals surface area contributed by atoms with Crippen LogP contribution in [0.3, 0.4) is 0 Å². The van der Waals surface area contributed by atoms with Crippen LogP contribution in [0.5, 0.6) is 0 Å². The molecule has 0 saturated carbocycles. The van der Waals surface area contributed by atoms with E-state index >= 15 is 0 Å². The molecule has 0 saturated heterocycles. The highest BCUT2D eigenvalue weighted by atomic mass is 19.3. The van der Waals surface area contributed by atoms with Crippen molar-refractivity contribution in [1.82, 2.24) is 5.32 Å². The highest BCUT2D eigenvalue weighted by Crippen LogP contribution is 2.28. The molecule has 1 atom stereocenters. The van der Waals surface area contributed by atoms with Crippen molar-refractivity contribution in [2.24, 2.45) is 0 Å². The maximum Gasteiger partial charge on any atom is 0.319 e. The van der Waals surface area contributed by atoms with Gasteiger partial charge in [-0.15, -0.1) is 0 Å². The Hall–Kier alpha value is -1.10. The van der Waals surface area contributed by atoms with Gasteiger partial charge in [0.05, 0.1) is 6.54 Å². The van der Waals surface area contributed by atoms with Gasteiger partial charge in [0.1, 0.15) is 0 Å². The van der Waals surface area contributed by atoms with E-state index in [9.17, 15) is 17.6 Å². The normalized spacial score (nSPS) is 14.6. The lowest BCUT2D eigenvalue weighted by molar-refractivity contribution is -0.126. The zero-order valence-corrected chi connectivity index (χ0v) is 12.0. The van der Waals surface area contributed by atoms with E-state index in [4.69, 9.17) is 0 Å². The molecule has 20 heavy (non-hydrogen) atoms. The van der Waals surface area contributed by atoms with Gasteiger partial charge in [-0.1, -0.05) is 44.2 Å². The van der Waals surface area contributed by atoms with Crippen LogP contribution < -0.4 is 5.32 Å². The summed E-state index contributed by atoms with van der Waals surface area (Å²) < 4.78 is 49.9. The van der Waals surface area contributed by atoms with Gasteiger partial charge in [-0.3, -0.25) is 0 Å². The number of nitrogens with one attached hydrogen (secondary N) is 1. The smallest absolute Gasteiger partial charge is 0.308 e. The summed E-state index contributed by atoms with van der Waals surface area (Å²) in [6, 6.07) is 9.40. The summed E-state index contributed by atoms with van der Waals surface area (Å²) in [5.41, 5.74) is 0.877. The van der Waals surface area contributed by atoms with E-state index in [1.165, 1.54) is 0 Å². The number of halogens is 4. The third-order valence-corrected chi connectivity index (χ3v) is 3.38. The molecule has 1 unspecified atom stereocenters. The average molecular weight is 291 g/mol. The van der Waals surface area contributed by atoms with Crippen molar-refractivity contribution in [1.29, 1.82) is 0 Å². The lowest BCUT2D eigenvalue weighted by Crippen LogP contribution is -2.43. The molecular formula is C15H21F4N. The standard InChI is InChI=1S/C15H21F4N/c1-11(20-10-15(18,19)13(16)17)9-14(2,3)12-7-5-4-6-8-12/h4-8,11,13,20H,9-10H2,1-3H3. The van der Waals surface area contributed by atoms with E-state index in [0.29, 0.717) is 6.42 Å². The van der Waals surface area contributed by atoms with Crippen LogP contribution in [0.2, 0.25) is 0 Å². The summed E-state index contributed by atoms with van der Waals surface area (Å²) in [6.45, 7) is 4.74. The lowest BCUT2D eigenvalue weighted by atomic mass is 9.79. The first kappa shape index (κ1) is 17.0. The van der Waals surface area contributed by atoms with Gasteiger partial charge in [0.15, 0.2) is 0 Å². The maximum absolute atomic E-state index is 12.9. The minimum Gasteiger partial charge on any atom is -0.308 e. The van der Waals surface area contributed by atoms with Gasteiger partial charge >= 0.3 is 12.3 Å². The Morgan fingerprint density at radius 1 is 1.10 bits per heavy atom. The molecule has 1 aromatic carbocycles. The summed E-state index contributed by atoms with van der Waals surface area (Å²) in [5.74, 6) is -3.98. The van der Waals surface area contributed by atoms with Crippen molar-refractivity contribution in [2.75, 3.05) is 6.54 Å². The molecular weight excluding hydrogens is 270 g/mol. The van der Waals surface area contributed by atoms with E-state index in [1.54, 1.807) is 6.92 Å². The molecule has 1 nitrogen and oxygen atoms in total. The van der Waals surface area contributed by atoms with Crippen LogP contribution in [0.15, 0.2) is 30.3 Å². The first-order valence-corrected chi connectivity index (χ1v) is 6.60. The van der Waals surface area contributed by atoms with Gasteiger partial charge < -0.3 is 5.32 Å². The van der Waals surface area contributed by atoms with Crippen LogP contribution in [0.1, 0.15) is 32.8 Å². The molecule has 0 aliphatic carbocycles. The summed E-state index contributed by atoms with van der Waals surface area (Å²) in [6.07, 6.45) is -3.06. The van der Waals surface area contributed by atoms with E-state index < -0.39 is 18.9 Å². The highest BCUT2D eigenvalue weighted by Gasteiger charge is 2.40. The molecule has 1 aromatic rings. The van der Waals surface area contributed by atoms with Crippen LogP contribution >= 0.6 is 0 Å². The van der Waals surface area contributed by atoms with Crippen LogP contribution in [0.25, 0.3) is 0 Å². The zero-order chi connectivity index (χ0) is 15.4. The summed E-state index contributed by atoms with van der Waals surface area (Å²) in [4.78, 5) is 0. The average Bonchev–Trinajstić information content (AvgIpc) is 2.37. The Bertz CT molecular complexity index is 404. The van der Waals surface area contributed by atoms with Crippen molar-refractivity contribution in [3.05, 3.63) is 35.9 Å². The third kappa shape index (κ3) is 4.78. The quantitative estimate of drug-likeness (QED) is 0.741. The molecule has 0 aliphatic heterocycles. The molecule has 5 heteroatoms. The fourth-order valence-corrected chi connectivity index (χ4v) is 2.23. The molecule has 0 bridgehead atoms. The molecule has 0 radical (unpaired) electrons. The predicted octanol–water partition coefficient (Wildman–Crippen LogP) is 4.23. The number of rotatable bonds is 7. The monoisotopic (exact) mass is 291 g/mol. The highest BCUT2D eigenvalue weighted by molar-refractivity contribution is 5.23. The second kappa shape index (κ2) is 6.57. The maximum atomic E-state index is 12.9. The SMILES string of the molecule is CC(CC(C)(C)c1ccccc1)NCC(F)(F)C(F)F. The van der Waals surface area contributed by atoms with E-state index in [2.05, 4.69) is 5.32 Å². The first-order chi connectivity index (χ1) is 9.15. The Morgan fingerprint density at radius 3 is 2.15 bits per heavy atom. The van der Waals surface area contributed by atoms with E-state index in [0.717, 1.165) is 5.56 Å². The summed E-state index contributed by atoms with van der Waals surface area (Å²) >= 11 is 0. The largest absolute Gasteiger partial charge is 0.319 e. The first-order valence-electron chi connectivity index (χ1n) is 6.60. The van der Waals surface area contributed by atoms with Crippen molar-refractivity contribution in [2.45, 2.75) is 51.0 Å². The topological polar surface area (TPSA) is 12.0 Å². The van der Waals surface area contributed by atoms with Gasteiger partial charge in [0.2, 0.25) is 0 Å². The van der Waals surface area contributed by atoms with Crippen LogP contribution in [-0.2, 0) is 5.41 Å². The molecule has 0 amide bonds. The molecule has 1 rings (SSSR count). The van der Waals surface area contributed by atoms with E-state index in [1.807, 2.05) is 44.2 Å². The lowest BCUT2D eigenvalue weighted by Gasteiger charge is -2.30. The Kier molecular flexibility index (Phi) is 5.57. The number of benzene rings is 1. The van der Waals surface area contributed by atoms with Gasteiger partial charge in [-0.25, -0.2) is 8.78 Å². The third-order valence-electron chi connectivity index (χ3n) is 3.38. The van der Waals surface area contributed by atoms with Crippen LogP contribution in [0, 0.1) is 0 Å². The van der Waals surface area contributed by atoms with Gasteiger partial charge in [-0.2, -0.15) is 8.78 Å². The summed E-state index contributed by atoms with van der Waals surface area (Å²) in [5, 5.41) is 2.50. The fourth-order valence-electron chi connectivity index (χ4n) is 2.23. The van der Waals surface area contributed by atoms with Gasteiger partial charge in [0.25, 0.3) is 0 Å². The zero-order valence-electron chi connectivity index (χ0n) is 12.0. The minimum absolute atomic E-state index is 0.214. The fraction of sp³-hybridized carbons (Fsp3) is 0.600. The summed E-state index contributed by atoms with van der Waals surface area (Å²) in [7, 11) is 0. The Labute approximate surface area is 117 Å². The second-order valence-corrected chi connectivity index (χ2v) is 5.80. The minimum atomic E-state index is -3.98. The number of hydrogen-bond donors (Lipinski definition) is 1. The molecule has 1 N–H and O–H groups in total. The van der Waals surface area contributed by atoms with Crippen molar-refractivity contribution >= 4 is 0 Å². The number of alkyl halides is 4. The second-order valence-electron chi connectivity index (χ2n) is 5.80. The molecule has 0 aromatic heterocycles. The van der Waals surface area contributed by atoms with Crippen molar-refractivity contribution in [3.63, 3.8) is 0 Å². The van der Waals surface area contributed by atoms with Crippen molar-refractivity contribution < 1.29 is 17.6 Å². The van der Waals surface area contributed by atoms with Gasteiger partial charge in [-0.05, 0) is 24.3 Å². The molecule has 114 valence electrons. The van der Waals surface area contributed by atoms with Crippen molar-refractivity contribution in [3.8, 4) is 0 Å². The van der Waals surface area contributed by atoms with Crippen LogP contribution in [0.4, 0.5) is 17.6 Å². The molecule has 0 spiro atoms. The van der Waals surface area contributed by atoms with Gasteiger partial charge in [0, 0.05) is 6.04 Å². The van der Waals surface area contributed by atoms with Crippen LogP contribution in [-0.4, -0.2) is 24.9 Å². The number of hydrogen-bond acceptors (Lipinski definition) is 1. The molecule has 0 heterocycles. The van der Waals surface area contributed by atoms with E-state index in [-0.39, 0.29) is 11.5 Å². The Morgan fingerprint density at radius 2 is 1.65 bits per heavy atom. The molecule has 0 aliphatic rings.